The van der Waals surface area contributed by atoms with Gasteiger partial charge in [0.25, 0.3) is 15.9 Å². The summed E-state index contributed by atoms with van der Waals surface area (Å²) in [6, 6.07) is 15.0. The van der Waals surface area contributed by atoms with Gasteiger partial charge in [-0.15, -0.1) is 0 Å². The first-order chi connectivity index (χ1) is 20.6. The van der Waals surface area contributed by atoms with E-state index in [1.54, 1.807) is 30.3 Å². The van der Waals surface area contributed by atoms with Crippen molar-refractivity contribution in [1.29, 1.82) is 0 Å². The van der Waals surface area contributed by atoms with E-state index in [9.17, 15) is 13.2 Å². The second kappa shape index (κ2) is 12.6. The maximum atomic E-state index is 15.7. The molecule has 1 fully saturated rings. The van der Waals surface area contributed by atoms with Gasteiger partial charge in [0.05, 0.1) is 29.5 Å². The Hall–Kier alpha value is -3.54. The number of benzene rings is 2. The van der Waals surface area contributed by atoms with Crippen LogP contribution in [0.4, 0.5) is 10.1 Å². The monoisotopic (exact) mass is 610 g/mol. The molecule has 2 aromatic carbocycles. The fourth-order valence-corrected chi connectivity index (χ4v) is 7.39. The van der Waals surface area contributed by atoms with Crippen LogP contribution in [0.1, 0.15) is 44.4 Å². The Kier molecular flexibility index (Phi) is 9.05. The van der Waals surface area contributed by atoms with Crippen LogP contribution in [0, 0.1) is 5.82 Å². The highest BCUT2D eigenvalue weighted by Crippen LogP contribution is 2.51. The molecular weight excluding hydrogens is 571 g/mol. The second-order valence-corrected chi connectivity index (χ2v) is 13.2. The molecule has 3 heterocycles. The quantitative estimate of drug-likeness (QED) is 0.294. The number of aromatic nitrogens is 1. The number of nitrogens with zero attached hydrogens (tertiary/aromatic N) is 4. The van der Waals surface area contributed by atoms with Crippen LogP contribution in [0.25, 0.3) is 0 Å². The Balaban J connectivity index is 1.55. The number of piperazine rings is 1. The normalized spacial score (nSPS) is 19.6. The van der Waals surface area contributed by atoms with Crippen LogP contribution < -0.4 is 13.8 Å². The van der Waals surface area contributed by atoms with E-state index in [-0.39, 0.29) is 40.2 Å². The highest BCUT2D eigenvalue weighted by atomic mass is 32.2. The third-order valence-electron chi connectivity index (χ3n) is 8.17. The number of amides is 1. The Morgan fingerprint density at radius 1 is 0.977 bits per heavy atom. The van der Waals surface area contributed by atoms with E-state index < -0.39 is 27.2 Å². The lowest BCUT2D eigenvalue weighted by molar-refractivity contribution is -0.121. The molecule has 1 atom stereocenters. The molecule has 2 aliphatic rings. The SMILES string of the molecule is COc1ccc2c(n1)C(CCCCN1CCN(C)CC1)(c1ccccc1F)C(=O)N2S(=O)(=O)c1ccc(OC(C)C)cc1. The van der Waals surface area contributed by atoms with Crippen molar-refractivity contribution in [3.63, 3.8) is 0 Å². The van der Waals surface area contributed by atoms with Crippen molar-refractivity contribution in [1.82, 2.24) is 14.8 Å². The molecule has 0 saturated carbocycles. The van der Waals surface area contributed by atoms with Crippen molar-refractivity contribution in [2.45, 2.75) is 49.5 Å². The largest absolute Gasteiger partial charge is 0.491 e. The topological polar surface area (TPSA) is 92.3 Å². The van der Waals surface area contributed by atoms with Gasteiger partial charge >= 0.3 is 0 Å². The van der Waals surface area contributed by atoms with Gasteiger partial charge in [0.15, 0.2) is 0 Å². The number of hydrogen-bond acceptors (Lipinski definition) is 8. The van der Waals surface area contributed by atoms with E-state index in [0.29, 0.717) is 12.2 Å². The van der Waals surface area contributed by atoms with E-state index in [0.717, 1.165) is 43.4 Å². The lowest BCUT2D eigenvalue weighted by Crippen LogP contribution is -2.45. The number of methoxy groups -OCH3 is 1. The van der Waals surface area contributed by atoms with Crippen LogP contribution in [0.3, 0.4) is 0 Å². The number of ether oxygens (including phenoxy) is 2. The molecule has 43 heavy (non-hydrogen) atoms. The average molecular weight is 611 g/mol. The van der Waals surface area contributed by atoms with Crippen molar-refractivity contribution in [3.8, 4) is 11.6 Å². The lowest BCUT2D eigenvalue weighted by Gasteiger charge is -2.33. The number of carbonyl (C=O) groups is 1. The first-order valence-electron chi connectivity index (χ1n) is 14.7. The van der Waals surface area contributed by atoms with Gasteiger partial charge in [-0.1, -0.05) is 24.6 Å². The molecule has 1 aromatic heterocycles. The molecule has 9 nitrogen and oxygen atoms in total. The molecule has 0 aliphatic carbocycles. The summed E-state index contributed by atoms with van der Waals surface area (Å²) in [5.41, 5.74) is -1.30. The van der Waals surface area contributed by atoms with Crippen LogP contribution >= 0.6 is 0 Å². The third-order valence-corrected chi connectivity index (χ3v) is 9.88. The summed E-state index contributed by atoms with van der Waals surface area (Å²) in [5.74, 6) is -0.635. The molecule has 0 radical (unpaired) electrons. The summed E-state index contributed by atoms with van der Waals surface area (Å²) in [7, 11) is -0.848. The summed E-state index contributed by atoms with van der Waals surface area (Å²) >= 11 is 0. The van der Waals surface area contributed by atoms with Crippen molar-refractivity contribution in [2.75, 3.05) is 51.2 Å². The van der Waals surface area contributed by atoms with Crippen molar-refractivity contribution in [3.05, 3.63) is 77.7 Å². The summed E-state index contributed by atoms with van der Waals surface area (Å²) in [5, 5.41) is 0. The van der Waals surface area contributed by atoms with Crippen LogP contribution in [-0.2, 0) is 20.2 Å². The molecule has 1 saturated heterocycles. The molecular formula is C32H39FN4O5S. The number of halogens is 1. The number of sulfonamides is 1. The Bertz CT molecular complexity index is 1560. The predicted molar refractivity (Wildman–Crippen MR) is 163 cm³/mol. The van der Waals surface area contributed by atoms with Crippen LogP contribution in [0.2, 0.25) is 0 Å². The van der Waals surface area contributed by atoms with Gasteiger partial charge in [0.1, 0.15) is 17.0 Å². The molecule has 0 spiro atoms. The third kappa shape index (κ3) is 5.98. The number of pyridine rings is 1. The molecule has 230 valence electrons. The molecule has 3 aromatic rings. The van der Waals surface area contributed by atoms with Crippen molar-refractivity contribution < 1.29 is 27.1 Å². The highest BCUT2D eigenvalue weighted by molar-refractivity contribution is 7.93. The van der Waals surface area contributed by atoms with E-state index >= 15 is 4.39 Å². The molecule has 0 N–H and O–H groups in total. The fraction of sp³-hybridized carbons (Fsp3) is 0.438. The number of rotatable bonds is 11. The standard InChI is InChI=1S/C32H39FN4O5S/c1-23(2)42-24-11-13-25(14-12-24)43(39,40)37-28-15-16-29(41-4)34-30(28)32(31(37)38,26-9-5-6-10-27(26)33)17-7-8-18-36-21-19-35(3)20-22-36/h5-6,9-16,23H,7-8,17-22H2,1-4H3. The zero-order chi connectivity index (χ0) is 30.8. The zero-order valence-electron chi connectivity index (χ0n) is 25.1. The van der Waals surface area contributed by atoms with Crippen molar-refractivity contribution in [2.24, 2.45) is 0 Å². The molecule has 0 bridgehead atoms. The smallest absolute Gasteiger partial charge is 0.271 e. The van der Waals surface area contributed by atoms with E-state index in [2.05, 4.69) is 21.8 Å². The Labute approximate surface area is 253 Å². The number of unbranched alkanes of at least 4 members (excludes halogenated alkanes) is 1. The van der Waals surface area contributed by atoms with E-state index in [1.165, 1.54) is 37.4 Å². The maximum Gasteiger partial charge on any atom is 0.271 e. The van der Waals surface area contributed by atoms with Crippen molar-refractivity contribution >= 4 is 21.6 Å². The Morgan fingerprint density at radius 2 is 1.67 bits per heavy atom. The van der Waals surface area contributed by atoms with Crippen LogP contribution in [0.5, 0.6) is 11.6 Å². The van der Waals surface area contributed by atoms with Crippen LogP contribution in [-0.4, -0.2) is 82.1 Å². The average Bonchev–Trinajstić information content (AvgIpc) is 3.24. The van der Waals surface area contributed by atoms with E-state index in [1.807, 2.05) is 13.8 Å². The number of carbonyl (C=O) groups excluding carboxylic acids is 1. The first-order valence-corrected chi connectivity index (χ1v) is 16.1. The maximum absolute atomic E-state index is 15.7. The second-order valence-electron chi connectivity index (χ2n) is 11.4. The van der Waals surface area contributed by atoms with Gasteiger partial charge in [0, 0.05) is 37.8 Å². The van der Waals surface area contributed by atoms with Gasteiger partial charge in [-0.05, 0) is 76.7 Å². The molecule has 1 amide bonds. The number of fused-ring (bicyclic) bond motifs is 1. The van der Waals surface area contributed by atoms with Gasteiger partial charge in [0.2, 0.25) is 5.88 Å². The minimum atomic E-state index is -4.40. The fourth-order valence-electron chi connectivity index (χ4n) is 5.92. The summed E-state index contributed by atoms with van der Waals surface area (Å²) in [4.78, 5) is 23.9. The lowest BCUT2D eigenvalue weighted by atomic mass is 9.74. The van der Waals surface area contributed by atoms with Gasteiger partial charge in [-0.25, -0.2) is 17.8 Å². The Morgan fingerprint density at radius 3 is 2.33 bits per heavy atom. The number of anilines is 1. The molecule has 1 unspecified atom stereocenters. The number of hydrogen-bond donors (Lipinski definition) is 0. The molecule has 5 rings (SSSR count). The highest BCUT2D eigenvalue weighted by Gasteiger charge is 2.58. The van der Waals surface area contributed by atoms with Gasteiger partial charge in [-0.3, -0.25) is 4.79 Å². The van der Waals surface area contributed by atoms with Crippen LogP contribution in [0.15, 0.2) is 65.6 Å². The summed E-state index contributed by atoms with van der Waals surface area (Å²) in [6.45, 7) is 8.49. The molecule has 2 aliphatic heterocycles. The first kappa shape index (κ1) is 30.9. The molecule has 11 heteroatoms. The zero-order valence-corrected chi connectivity index (χ0v) is 25.9. The number of likely N-dealkylation sites (N-methyl/N-ethyl adjacent to an activating group) is 1. The summed E-state index contributed by atoms with van der Waals surface area (Å²) < 4.78 is 55.8. The minimum absolute atomic E-state index is 0.0851. The van der Waals surface area contributed by atoms with Gasteiger partial charge < -0.3 is 19.3 Å². The van der Waals surface area contributed by atoms with E-state index in [4.69, 9.17) is 9.47 Å². The van der Waals surface area contributed by atoms with Gasteiger partial charge in [-0.2, -0.15) is 4.31 Å². The summed E-state index contributed by atoms with van der Waals surface area (Å²) in [6.07, 6.45) is 1.41. The predicted octanol–water partition coefficient (Wildman–Crippen LogP) is 4.46. The minimum Gasteiger partial charge on any atom is -0.491 e.